The maximum atomic E-state index is 14.3. The van der Waals surface area contributed by atoms with Crippen LogP contribution < -0.4 is 10.6 Å². The molecule has 4 fully saturated rings. The summed E-state index contributed by atoms with van der Waals surface area (Å²) in [6, 6.07) is 28.9. The Morgan fingerprint density at radius 1 is 0.871 bits per heavy atom. The van der Waals surface area contributed by atoms with Gasteiger partial charge in [-0.1, -0.05) is 25.1 Å². The summed E-state index contributed by atoms with van der Waals surface area (Å²) in [5.41, 5.74) is 5.67. The fraction of sp³-hybridized carbons (Fsp3) is 0.319. The number of aromatic amines is 2. The number of nitrogens with zero attached hydrogens (tertiary/aromatic N) is 4. The smallest absolute Gasteiger partial charge is 0.340 e. The van der Waals surface area contributed by atoms with Crippen molar-refractivity contribution in [3.63, 3.8) is 0 Å². The number of carbonyl (C=O) groups is 4. The summed E-state index contributed by atoms with van der Waals surface area (Å²) >= 11 is 0. The van der Waals surface area contributed by atoms with Gasteiger partial charge in [-0.25, -0.2) is 9.78 Å². The van der Waals surface area contributed by atoms with Crippen LogP contribution in [-0.4, -0.2) is 97.8 Å². The first kappa shape index (κ1) is 39.7. The zero-order valence-corrected chi connectivity index (χ0v) is 36.0. The van der Waals surface area contributed by atoms with E-state index in [1.165, 1.54) is 7.11 Å². The molecule has 3 aliphatic heterocycles. The minimum Gasteiger partial charge on any atom is -0.340 e. The third-order valence-corrected chi connectivity index (χ3v) is 14.5. The molecule has 3 atom stereocenters. The molecule has 5 aromatic carbocycles. The molecule has 5 N–H and O–H groups in total. The first-order valence-corrected chi connectivity index (χ1v) is 24.1. The fourth-order valence-electron chi connectivity index (χ4n) is 10.1. The number of hydrogen-bond acceptors (Lipinski definition) is 8. The van der Waals surface area contributed by atoms with E-state index >= 15 is 0 Å². The number of H-pyrrole nitrogens is 2. The van der Waals surface area contributed by atoms with Gasteiger partial charge in [-0.2, -0.15) is 0 Å². The standard InChI is InChI=1S/C47H49N8O6P/c1-47-23-31(24-47)55(37(56)25-48-45(58)61-2)41(47)43-50-35-19-15-30-22-28(13-17-33(30)40(35)52-43)27-12-16-32-29(21-27)14-18-34-39(32)51-42(49-34)36-11-8-20-54(36)44(57)38(26-9-6-5-7-10-26)53-46(59)62(3,4)60/h5-7,9-10,12-19,21-22,31,36,38,41,60,62H,8,11,20,23-25H2,1-4H3,(H,48,58)(H,49,51)(H,50,52)(H,53,59)/t31?,36-,38+,41+,47?/m0/s1. The second-order valence-electron chi connectivity index (χ2n) is 17.9. The number of nitrogens with one attached hydrogen (secondary N) is 4. The van der Waals surface area contributed by atoms with Gasteiger partial charge in [0.1, 0.15) is 12.4 Å². The number of ether oxygens (including phenoxy) is 1. The summed E-state index contributed by atoms with van der Waals surface area (Å²) in [6.07, 6.45) is 2.68. The predicted octanol–water partition coefficient (Wildman–Crippen LogP) is 7.85. The van der Waals surface area contributed by atoms with Gasteiger partial charge in [-0.3, -0.25) is 4.79 Å². The molecule has 5 heterocycles. The molecular weight excluding hydrogens is 804 g/mol. The molecule has 62 heavy (non-hydrogen) atoms. The van der Waals surface area contributed by atoms with E-state index in [1.807, 2.05) is 47.4 Å². The molecule has 7 aromatic rings. The topological polar surface area (TPSA) is 186 Å². The molecule has 11 rings (SSSR count). The Labute approximate surface area is 357 Å². The Morgan fingerprint density at radius 3 is 2.10 bits per heavy atom. The Bertz CT molecular complexity index is 2950. The number of rotatable bonds is 9. The molecule has 0 unspecified atom stereocenters. The molecule has 0 spiro atoms. The molecule has 3 saturated heterocycles. The van der Waals surface area contributed by atoms with Crippen molar-refractivity contribution in [1.82, 2.24) is 40.4 Å². The van der Waals surface area contributed by atoms with Crippen LogP contribution >= 0.6 is 7.49 Å². The van der Waals surface area contributed by atoms with Gasteiger partial charge in [-0.05, 0) is 46.9 Å². The van der Waals surface area contributed by atoms with Gasteiger partial charge in [-0.15, -0.1) is 0 Å². The van der Waals surface area contributed by atoms with Crippen LogP contribution in [-0.2, 0) is 14.3 Å². The number of methoxy groups -OCH3 is 1. The number of alkyl carbamates (subject to hydrolysis) is 1. The van der Waals surface area contributed by atoms with Gasteiger partial charge in [0, 0.05) is 11.4 Å². The summed E-state index contributed by atoms with van der Waals surface area (Å²) in [5.74, 6) is 1.08. The van der Waals surface area contributed by atoms with Crippen molar-refractivity contribution in [3.8, 4) is 11.1 Å². The van der Waals surface area contributed by atoms with Crippen molar-refractivity contribution in [3.05, 3.63) is 108 Å². The van der Waals surface area contributed by atoms with E-state index < -0.39 is 25.3 Å². The van der Waals surface area contributed by atoms with Crippen LogP contribution in [0.25, 0.3) is 54.7 Å². The van der Waals surface area contributed by atoms with E-state index in [1.54, 1.807) is 18.2 Å². The number of hydrogen-bond donors (Lipinski definition) is 5. The number of fused-ring (bicyclic) bond motifs is 7. The number of imidazole rings is 2. The summed E-state index contributed by atoms with van der Waals surface area (Å²) in [7, 11) is -1.92. The van der Waals surface area contributed by atoms with Crippen LogP contribution in [0.15, 0.2) is 91.0 Å². The fourth-order valence-corrected chi connectivity index (χ4v) is 10.6. The van der Waals surface area contributed by atoms with Crippen LogP contribution in [0, 0.1) is 5.41 Å². The molecule has 14 nitrogen and oxygen atoms in total. The summed E-state index contributed by atoms with van der Waals surface area (Å²) in [5, 5.41) is 9.56. The average Bonchev–Trinajstić information content (AvgIpc) is 4.10. The molecule has 2 aromatic heterocycles. The van der Waals surface area contributed by atoms with Crippen molar-refractivity contribution in [1.29, 1.82) is 0 Å². The van der Waals surface area contributed by atoms with E-state index in [4.69, 9.17) is 9.97 Å². The summed E-state index contributed by atoms with van der Waals surface area (Å²) in [6.45, 7) is 5.69. The van der Waals surface area contributed by atoms with Gasteiger partial charge in [0.25, 0.3) is 0 Å². The molecule has 1 saturated carbocycles. The van der Waals surface area contributed by atoms with Crippen molar-refractivity contribution >= 4 is 74.7 Å². The number of aromatic nitrogens is 4. The average molecular weight is 853 g/mol. The Morgan fingerprint density at radius 2 is 1.48 bits per heavy atom. The van der Waals surface area contributed by atoms with Crippen LogP contribution in [0.3, 0.4) is 0 Å². The number of carbonyl (C=O) groups excluding carboxylic acids is 4. The molecule has 318 valence electrons. The van der Waals surface area contributed by atoms with E-state index in [-0.39, 0.29) is 41.9 Å². The van der Waals surface area contributed by atoms with E-state index in [2.05, 4.69) is 80.8 Å². The third-order valence-electron chi connectivity index (χ3n) is 13.2. The Kier molecular flexibility index (Phi) is 9.56. The molecule has 15 heteroatoms. The molecule has 4 amide bonds. The molecule has 0 radical (unpaired) electrons. The first-order chi connectivity index (χ1) is 29.8. The second kappa shape index (κ2) is 14.9. The van der Waals surface area contributed by atoms with Gasteiger partial charge >= 0.3 is 198 Å². The SMILES string of the molecule is COC(=O)NCC(=O)N1C2CC(C)(C2)[C@H]1c1nc2ccc3cc(-c4ccc5c(ccc6nc([C@@H]7CCCN7C(=O)[C@H](NC(=O)[PH](C)(C)O)c7ccccc7)[nH]c65)c4)ccc3c2[nH]1. The van der Waals surface area contributed by atoms with Crippen molar-refractivity contribution in [2.75, 3.05) is 33.5 Å². The van der Waals surface area contributed by atoms with Crippen molar-refractivity contribution in [2.45, 2.75) is 56.8 Å². The van der Waals surface area contributed by atoms with Gasteiger partial charge in [0.15, 0.2) is 0 Å². The predicted molar refractivity (Wildman–Crippen MR) is 241 cm³/mol. The zero-order chi connectivity index (χ0) is 43.1. The van der Waals surface area contributed by atoms with E-state index in [0.717, 1.165) is 86.2 Å². The minimum atomic E-state index is -3.20. The van der Waals surface area contributed by atoms with Gasteiger partial charge in [0.05, 0.1) is 24.2 Å². The zero-order valence-electron chi connectivity index (χ0n) is 35.0. The summed E-state index contributed by atoms with van der Waals surface area (Å²) in [4.78, 5) is 83.8. The van der Waals surface area contributed by atoms with Crippen molar-refractivity contribution < 1.29 is 28.8 Å². The summed E-state index contributed by atoms with van der Waals surface area (Å²) < 4.78 is 4.67. The molecule has 4 aliphatic rings. The van der Waals surface area contributed by atoms with Crippen LogP contribution in [0.1, 0.15) is 67.9 Å². The van der Waals surface area contributed by atoms with Crippen LogP contribution in [0.5, 0.6) is 0 Å². The third kappa shape index (κ3) is 6.72. The van der Waals surface area contributed by atoms with Gasteiger partial charge < -0.3 is 19.9 Å². The normalized spacial score (nSPS) is 21.7. The maximum absolute atomic E-state index is 14.3. The molecule has 1 aliphatic carbocycles. The van der Waals surface area contributed by atoms with E-state index in [9.17, 15) is 24.1 Å². The number of benzene rings is 5. The second-order valence-corrected chi connectivity index (χ2v) is 21.4. The Hall–Kier alpha value is -6.37. The molecular formula is C47H49N8O6P. The molecule has 2 bridgehead atoms. The van der Waals surface area contributed by atoms with Crippen LogP contribution in [0.2, 0.25) is 0 Å². The Balaban J connectivity index is 0.916. The minimum absolute atomic E-state index is 0.0931. The number of likely N-dealkylation sites (tertiary alicyclic amines) is 1. The first-order valence-electron chi connectivity index (χ1n) is 21.2. The monoisotopic (exact) mass is 852 g/mol. The number of amides is 4. The van der Waals surface area contributed by atoms with E-state index in [0.29, 0.717) is 17.9 Å². The van der Waals surface area contributed by atoms with Crippen LogP contribution in [0.4, 0.5) is 9.59 Å². The van der Waals surface area contributed by atoms with Crippen molar-refractivity contribution in [2.24, 2.45) is 5.41 Å². The van der Waals surface area contributed by atoms with Gasteiger partial charge in [0.2, 0.25) is 5.91 Å². The quantitative estimate of drug-likeness (QED) is 0.0909.